The zero-order valence-corrected chi connectivity index (χ0v) is 10.4. The maximum atomic E-state index is 6.00. The number of nitrogens with two attached hydrogens (primary N) is 1. The molecule has 1 aromatic heterocycles. The van der Waals surface area contributed by atoms with Gasteiger partial charge in [-0.05, 0) is 24.0 Å². The number of nitrogen functional groups attached to an aromatic ring is 1. The number of nitrogens with zero attached hydrogens (tertiary/aromatic N) is 1. The van der Waals surface area contributed by atoms with E-state index in [0.717, 1.165) is 17.0 Å². The van der Waals surface area contributed by atoms with Crippen molar-refractivity contribution in [2.45, 2.75) is 11.8 Å². The maximum absolute atomic E-state index is 6.00. The number of nitrogens with one attached hydrogen (secondary N) is 1. The first-order valence-electron chi connectivity index (χ1n) is 4.94. The smallest absolute Gasteiger partial charge is 0.145 e. The first-order chi connectivity index (χ1) is 7.70. The standard InChI is InChI=1S/C11H12ClN3S/c1-2-16-10-4-3-7(12)5-8(10)9-6-11(13)15-14-9/h3-6H,2H2,1H3,(H3,13,14,15). The van der Waals surface area contributed by atoms with Gasteiger partial charge in [0.15, 0.2) is 0 Å². The molecule has 0 aliphatic carbocycles. The Morgan fingerprint density at radius 2 is 2.25 bits per heavy atom. The lowest BCUT2D eigenvalue weighted by molar-refractivity contribution is 1.10. The van der Waals surface area contributed by atoms with Crippen molar-refractivity contribution in [1.82, 2.24) is 10.2 Å². The third kappa shape index (κ3) is 2.33. The highest BCUT2D eigenvalue weighted by Gasteiger charge is 2.08. The van der Waals surface area contributed by atoms with E-state index in [9.17, 15) is 0 Å². The molecule has 16 heavy (non-hydrogen) atoms. The SMILES string of the molecule is CCSc1ccc(Cl)cc1-c1cc(N)n[nH]1. The summed E-state index contributed by atoms with van der Waals surface area (Å²) in [5.74, 6) is 1.50. The minimum atomic E-state index is 0.488. The van der Waals surface area contributed by atoms with Gasteiger partial charge in [-0.2, -0.15) is 5.10 Å². The summed E-state index contributed by atoms with van der Waals surface area (Å²) >= 11 is 7.77. The van der Waals surface area contributed by atoms with Crippen molar-refractivity contribution in [3.63, 3.8) is 0 Å². The van der Waals surface area contributed by atoms with Crippen LogP contribution in [0.5, 0.6) is 0 Å². The normalized spacial score (nSPS) is 10.6. The molecule has 0 saturated heterocycles. The number of anilines is 1. The highest BCUT2D eigenvalue weighted by atomic mass is 35.5. The van der Waals surface area contributed by atoms with Gasteiger partial charge in [-0.15, -0.1) is 11.8 Å². The molecule has 0 spiro atoms. The lowest BCUT2D eigenvalue weighted by Crippen LogP contribution is -1.84. The van der Waals surface area contributed by atoms with Crippen LogP contribution in [0.25, 0.3) is 11.3 Å². The van der Waals surface area contributed by atoms with Crippen LogP contribution in [0.2, 0.25) is 5.02 Å². The van der Waals surface area contributed by atoms with Crippen LogP contribution in [-0.2, 0) is 0 Å². The number of hydrogen-bond donors (Lipinski definition) is 2. The molecule has 3 N–H and O–H groups in total. The zero-order chi connectivity index (χ0) is 11.5. The molecular weight excluding hydrogens is 242 g/mol. The third-order valence-electron chi connectivity index (χ3n) is 2.13. The van der Waals surface area contributed by atoms with E-state index in [1.807, 2.05) is 24.3 Å². The molecule has 0 bridgehead atoms. The molecule has 1 heterocycles. The second-order valence-electron chi connectivity index (χ2n) is 3.28. The summed E-state index contributed by atoms with van der Waals surface area (Å²) < 4.78 is 0. The van der Waals surface area contributed by atoms with Crippen molar-refractivity contribution in [2.24, 2.45) is 0 Å². The second kappa shape index (κ2) is 4.80. The summed E-state index contributed by atoms with van der Waals surface area (Å²) in [6, 6.07) is 7.64. The van der Waals surface area contributed by atoms with Crippen molar-refractivity contribution >= 4 is 29.2 Å². The fourth-order valence-electron chi connectivity index (χ4n) is 1.47. The molecule has 3 nitrogen and oxygen atoms in total. The Morgan fingerprint density at radius 1 is 1.44 bits per heavy atom. The number of halogens is 1. The second-order valence-corrected chi connectivity index (χ2v) is 5.02. The van der Waals surface area contributed by atoms with Gasteiger partial charge in [0.05, 0.1) is 5.69 Å². The topological polar surface area (TPSA) is 54.7 Å². The van der Waals surface area contributed by atoms with Crippen LogP contribution in [0.3, 0.4) is 0 Å². The molecule has 2 aromatic rings. The maximum Gasteiger partial charge on any atom is 0.145 e. The van der Waals surface area contributed by atoms with E-state index in [-0.39, 0.29) is 0 Å². The molecular formula is C11H12ClN3S. The molecule has 0 radical (unpaired) electrons. The summed E-state index contributed by atoms with van der Waals surface area (Å²) in [6.45, 7) is 2.12. The van der Waals surface area contributed by atoms with Gasteiger partial charge in [-0.3, -0.25) is 5.10 Å². The van der Waals surface area contributed by atoms with Crippen LogP contribution >= 0.6 is 23.4 Å². The van der Waals surface area contributed by atoms with Crippen molar-refractivity contribution in [1.29, 1.82) is 0 Å². The van der Waals surface area contributed by atoms with E-state index in [0.29, 0.717) is 10.8 Å². The monoisotopic (exact) mass is 253 g/mol. The number of benzene rings is 1. The Kier molecular flexibility index (Phi) is 3.41. The minimum Gasteiger partial charge on any atom is -0.382 e. The van der Waals surface area contributed by atoms with Crippen molar-refractivity contribution < 1.29 is 0 Å². The lowest BCUT2D eigenvalue weighted by atomic mass is 10.1. The first-order valence-corrected chi connectivity index (χ1v) is 6.30. The predicted molar refractivity (Wildman–Crippen MR) is 69.8 cm³/mol. The number of aromatic nitrogens is 2. The molecule has 0 amide bonds. The van der Waals surface area contributed by atoms with Gasteiger partial charge in [0.25, 0.3) is 0 Å². The summed E-state index contributed by atoms with van der Waals surface area (Å²) in [7, 11) is 0. The van der Waals surface area contributed by atoms with Gasteiger partial charge in [-0.25, -0.2) is 0 Å². The number of rotatable bonds is 3. The lowest BCUT2D eigenvalue weighted by Gasteiger charge is -2.06. The molecule has 84 valence electrons. The number of aromatic amines is 1. The van der Waals surface area contributed by atoms with E-state index < -0.39 is 0 Å². The minimum absolute atomic E-state index is 0.488. The van der Waals surface area contributed by atoms with Gasteiger partial charge in [0.2, 0.25) is 0 Å². The van der Waals surface area contributed by atoms with Crippen molar-refractivity contribution in [2.75, 3.05) is 11.5 Å². The third-order valence-corrected chi connectivity index (χ3v) is 3.32. The van der Waals surface area contributed by atoms with Gasteiger partial charge in [-0.1, -0.05) is 18.5 Å². The van der Waals surface area contributed by atoms with Crippen LogP contribution < -0.4 is 5.73 Å². The highest BCUT2D eigenvalue weighted by molar-refractivity contribution is 7.99. The van der Waals surface area contributed by atoms with Crippen LogP contribution in [0.15, 0.2) is 29.2 Å². The first kappa shape index (κ1) is 11.4. The Morgan fingerprint density at radius 3 is 2.88 bits per heavy atom. The number of H-pyrrole nitrogens is 1. The van der Waals surface area contributed by atoms with Crippen LogP contribution in [0.4, 0.5) is 5.82 Å². The number of hydrogen-bond acceptors (Lipinski definition) is 3. The summed E-state index contributed by atoms with van der Waals surface area (Å²) in [5, 5.41) is 7.54. The Labute approximate surface area is 103 Å². The predicted octanol–water partition coefficient (Wildman–Crippen LogP) is 3.42. The van der Waals surface area contributed by atoms with Gasteiger partial charge in [0.1, 0.15) is 5.82 Å². The Bertz CT molecular complexity index is 496. The van der Waals surface area contributed by atoms with Crippen molar-refractivity contribution in [3.8, 4) is 11.3 Å². The van der Waals surface area contributed by atoms with Crippen LogP contribution in [0, 0.1) is 0 Å². The molecule has 0 fully saturated rings. The van der Waals surface area contributed by atoms with Gasteiger partial charge in [0, 0.05) is 21.5 Å². The summed E-state index contributed by atoms with van der Waals surface area (Å²) in [5.41, 5.74) is 7.54. The fourth-order valence-corrected chi connectivity index (χ4v) is 2.44. The summed E-state index contributed by atoms with van der Waals surface area (Å²) in [4.78, 5) is 1.18. The Balaban J connectivity index is 2.48. The molecule has 0 atom stereocenters. The number of thioether (sulfide) groups is 1. The molecule has 1 aromatic carbocycles. The van der Waals surface area contributed by atoms with Crippen molar-refractivity contribution in [3.05, 3.63) is 29.3 Å². The highest BCUT2D eigenvalue weighted by Crippen LogP contribution is 2.33. The molecule has 0 aliphatic heterocycles. The average Bonchev–Trinajstić information content (AvgIpc) is 2.68. The fraction of sp³-hybridized carbons (Fsp3) is 0.182. The van der Waals surface area contributed by atoms with Crippen LogP contribution in [-0.4, -0.2) is 16.0 Å². The van der Waals surface area contributed by atoms with E-state index in [4.69, 9.17) is 17.3 Å². The van der Waals surface area contributed by atoms with Gasteiger partial charge >= 0.3 is 0 Å². The zero-order valence-electron chi connectivity index (χ0n) is 8.83. The largest absolute Gasteiger partial charge is 0.382 e. The van der Waals surface area contributed by atoms with E-state index in [2.05, 4.69) is 17.1 Å². The van der Waals surface area contributed by atoms with E-state index in [1.54, 1.807) is 11.8 Å². The molecule has 0 unspecified atom stereocenters. The van der Waals surface area contributed by atoms with E-state index in [1.165, 1.54) is 4.90 Å². The summed E-state index contributed by atoms with van der Waals surface area (Å²) in [6.07, 6.45) is 0. The molecule has 0 aliphatic rings. The average molecular weight is 254 g/mol. The molecule has 2 rings (SSSR count). The van der Waals surface area contributed by atoms with E-state index >= 15 is 0 Å². The Hall–Kier alpha value is -1.13. The molecule has 0 saturated carbocycles. The quantitative estimate of drug-likeness (QED) is 0.824. The molecule has 5 heteroatoms. The van der Waals surface area contributed by atoms with Crippen LogP contribution in [0.1, 0.15) is 6.92 Å². The van der Waals surface area contributed by atoms with Gasteiger partial charge < -0.3 is 5.73 Å².